The van der Waals surface area contributed by atoms with Gasteiger partial charge in [-0.2, -0.15) is 0 Å². The standard InChI is InChI=1S/C15H20N4O/c1-2-11(5-6-16)10-19-15(20)12-3-4-13-14(9-12)18-8-7-17-13/h3-4,7-9,11H,2,5-6,10,16H2,1H3,(H,19,20). The van der Waals surface area contributed by atoms with Gasteiger partial charge in [0.25, 0.3) is 5.91 Å². The number of hydrogen-bond donors (Lipinski definition) is 2. The van der Waals surface area contributed by atoms with Gasteiger partial charge in [-0.25, -0.2) is 0 Å². The molecule has 5 nitrogen and oxygen atoms in total. The SMILES string of the molecule is CCC(CCN)CNC(=O)c1ccc2nccnc2c1. The van der Waals surface area contributed by atoms with E-state index < -0.39 is 0 Å². The first-order valence-electron chi connectivity index (χ1n) is 6.93. The minimum Gasteiger partial charge on any atom is -0.352 e. The molecule has 0 saturated heterocycles. The molecule has 0 fully saturated rings. The molecule has 1 aromatic carbocycles. The number of hydrogen-bond acceptors (Lipinski definition) is 4. The first kappa shape index (κ1) is 14.4. The highest BCUT2D eigenvalue weighted by Gasteiger charge is 2.10. The zero-order chi connectivity index (χ0) is 14.4. The first-order valence-corrected chi connectivity index (χ1v) is 6.93. The van der Waals surface area contributed by atoms with Crippen LogP contribution in [0.4, 0.5) is 0 Å². The third-order valence-electron chi connectivity index (χ3n) is 3.44. The quantitative estimate of drug-likeness (QED) is 0.839. The molecule has 1 aromatic heterocycles. The van der Waals surface area contributed by atoms with Gasteiger partial charge in [0.15, 0.2) is 0 Å². The van der Waals surface area contributed by atoms with Crippen LogP contribution in [-0.4, -0.2) is 29.0 Å². The second-order valence-corrected chi connectivity index (χ2v) is 4.82. The van der Waals surface area contributed by atoms with Crippen molar-refractivity contribution in [1.82, 2.24) is 15.3 Å². The summed E-state index contributed by atoms with van der Waals surface area (Å²) in [7, 11) is 0. The van der Waals surface area contributed by atoms with Crippen molar-refractivity contribution in [1.29, 1.82) is 0 Å². The summed E-state index contributed by atoms with van der Waals surface area (Å²) in [5.41, 5.74) is 7.69. The predicted molar refractivity (Wildman–Crippen MR) is 79.3 cm³/mol. The summed E-state index contributed by atoms with van der Waals surface area (Å²) in [4.78, 5) is 20.5. The van der Waals surface area contributed by atoms with Crippen LogP contribution < -0.4 is 11.1 Å². The van der Waals surface area contributed by atoms with E-state index in [-0.39, 0.29) is 5.91 Å². The highest BCUT2D eigenvalue weighted by Crippen LogP contribution is 2.11. The Bertz CT molecular complexity index is 585. The van der Waals surface area contributed by atoms with Crippen LogP contribution in [-0.2, 0) is 0 Å². The van der Waals surface area contributed by atoms with E-state index in [0.717, 1.165) is 23.9 Å². The summed E-state index contributed by atoms with van der Waals surface area (Å²) < 4.78 is 0. The Kier molecular flexibility index (Phi) is 5.01. The van der Waals surface area contributed by atoms with E-state index in [1.54, 1.807) is 24.5 Å². The summed E-state index contributed by atoms with van der Waals surface area (Å²) in [6, 6.07) is 5.35. The maximum absolute atomic E-state index is 12.1. The van der Waals surface area contributed by atoms with Crippen LogP contribution in [0, 0.1) is 5.92 Å². The molecule has 106 valence electrons. The molecule has 1 heterocycles. The van der Waals surface area contributed by atoms with E-state index in [0.29, 0.717) is 24.6 Å². The first-order chi connectivity index (χ1) is 9.74. The Morgan fingerprint density at radius 3 is 2.75 bits per heavy atom. The van der Waals surface area contributed by atoms with Gasteiger partial charge in [0.1, 0.15) is 0 Å². The molecule has 1 atom stereocenters. The van der Waals surface area contributed by atoms with Gasteiger partial charge in [-0.15, -0.1) is 0 Å². The van der Waals surface area contributed by atoms with Gasteiger partial charge in [0, 0.05) is 24.5 Å². The summed E-state index contributed by atoms with van der Waals surface area (Å²) in [5, 5.41) is 2.96. The van der Waals surface area contributed by atoms with Crippen molar-refractivity contribution >= 4 is 16.9 Å². The van der Waals surface area contributed by atoms with Crippen molar-refractivity contribution < 1.29 is 4.79 Å². The number of carbonyl (C=O) groups is 1. The van der Waals surface area contributed by atoms with Crippen LogP contribution in [0.15, 0.2) is 30.6 Å². The lowest BCUT2D eigenvalue weighted by Gasteiger charge is -2.14. The van der Waals surface area contributed by atoms with Crippen LogP contribution >= 0.6 is 0 Å². The molecule has 0 aliphatic heterocycles. The molecule has 3 N–H and O–H groups in total. The lowest BCUT2D eigenvalue weighted by atomic mass is 10.0. The van der Waals surface area contributed by atoms with Gasteiger partial charge < -0.3 is 11.1 Å². The summed E-state index contributed by atoms with van der Waals surface area (Å²) in [6.07, 6.45) is 5.21. The van der Waals surface area contributed by atoms with Crippen molar-refractivity contribution in [2.24, 2.45) is 11.7 Å². The zero-order valence-electron chi connectivity index (χ0n) is 11.7. The Morgan fingerprint density at radius 2 is 2.05 bits per heavy atom. The monoisotopic (exact) mass is 272 g/mol. The fourth-order valence-electron chi connectivity index (χ4n) is 2.13. The number of amides is 1. The number of carbonyl (C=O) groups excluding carboxylic acids is 1. The third-order valence-corrected chi connectivity index (χ3v) is 3.44. The number of rotatable bonds is 6. The average molecular weight is 272 g/mol. The fraction of sp³-hybridized carbons (Fsp3) is 0.400. The molecule has 2 aromatic rings. The van der Waals surface area contributed by atoms with E-state index >= 15 is 0 Å². The minimum absolute atomic E-state index is 0.0759. The third kappa shape index (κ3) is 3.51. The fourth-order valence-corrected chi connectivity index (χ4v) is 2.13. The van der Waals surface area contributed by atoms with E-state index in [1.165, 1.54) is 0 Å². The average Bonchev–Trinajstić information content (AvgIpc) is 2.50. The van der Waals surface area contributed by atoms with Crippen LogP contribution in [0.1, 0.15) is 30.1 Å². The normalized spacial score (nSPS) is 12.3. The van der Waals surface area contributed by atoms with Crippen molar-refractivity contribution in [3.05, 3.63) is 36.2 Å². The Balaban J connectivity index is 2.03. The lowest BCUT2D eigenvalue weighted by molar-refractivity contribution is 0.0946. The van der Waals surface area contributed by atoms with E-state index in [9.17, 15) is 4.79 Å². The maximum atomic E-state index is 12.1. The number of nitrogens with one attached hydrogen (secondary N) is 1. The molecule has 2 rings (SSSR count). The molecule has 5 heteroatoms. The highest BCUT2D eigenvalue weighted by atomic mass is 16.1. The molecule has 0 saturated carbocycles. The lowest BCUT2D eigenvalue weighted by Crippen LogP contribution is -2.30. The molecule has 0 spiro atoms. The summed E-state index contributed by atoms with van der Waals surface area (Å²) in [5.74, 6) is 0.359. The number of aromatic nitrogens is 2. The van der Waals surface area contributed by atoms with Gasteiger partial charge in [-0.3, -0.25) is 14.8 Å². The van der Waals surface area contributed by atoms with E-state index in [2.05, 4.69) is 22.2 Å². The molecule has 1 amide bonds. The number of fused-ring (bicyclic) bond motifs is 1. The predicted octanol–water partition coefficient (Wildman–Crippen LogP) is 1.73. The van der Waals surface area contributed by atoms with E-state index in [1.807, 2.05) is 6.07 Å². The molecule has 0 aliphatic carbocycles. The Hall–Kier alpha value is -2.01. The molecule has 20 heavy (non-hydrogen) atoms. The van der Waals surface area contributed by atoms with Crippen LogP contribution in [0.3, 0.4) is 0 Å². The highest BCUT2D eigenvalue weighted by molar-refractivity contribution is 5.97. The summed E-state index contributed by atoms with van der Waals surface area (Å²) in [6.45, 7) is 3.42. The van der Waals surface area contributed by atoms with Crippen molar-refractivity contribution in [2.75, 3.05) is 13.1 Å². The van der Waals surface area contributed by atoms with Gasteiger partial charge >= 0.3 is 0 Å². The number of nitrogens with two attached hydrogens (primary N) is 1. The summed E-state index contributed by atoms with van der Waals surface area (Å²) >= 11 is 0. The Labute approximate surface area is 118 Å². The van der Waals surface area contributed by atoms with Crippen LogP contribution in [0.5, 0.6) is 0 Å². The molecular formula is C15H20N4O. The second-order valence-electron chi connectivity index (χ2n) is 4.82. The van der Waals surface area contributed by atoms with Crippen LogP contribution in [0.2, 0.25) is 0 Å². The van der Waals surface area contributed by atoms with Crippen LogP contribution in [0.25, 0.3) is 11.0 Å². The molecular weight excluding hydrogens is 252 g/mol. The smallest absolute Gasteiger partial charge is 0.251 e. The van der Waals surface area contributed by atoms with E-state index in [4.69, 9.17) is 5.73 Å². The molecule has 1 unspecified atom stereocenters. The maximum Gasteiger partial charge on any atom is 0.251 e. The van der Waals surface area contributed by atoms with Gasteiger partial charge in [-0.05, 0) is 37.1 Å². The largest absolute Gasteiger partial charge is 0.352 e. The van der Waals surface area contributed by atoms with Crippen molar-refractivity contribution in [3.63, 3.8) is 0 Å². The minimum atomic E-state index is -0.0759. The topological polar surface area (TPSA) is 80.9 Å². The van der Waals surface area contributed by atoms with Gasteiger partial charge in [0.2, 0.25) is 0 Å². The zero-order valence-corrected chi connectivity index (χ0v) is 11.7. The second kappa shape index (κ2) is 6.96. The number of nitrogens with zero attached hydrogens (tertiary/aromatic N) is 2. The van der Waals surface area contributed by atoms with Gasteiger partial charge in [0.05, 0.1) is 11.0 Å². The number of benzene rings is 1. The molecule has 0 aliphatic rings. The van der Waals surface area contributed by atoms with Crippen molar-refractivity contribution in [3.8, 4) is 0 Å². The molecule has 0 radical (unpaired) electrons. The molecule has 0 bridgehead atoms. The van der Waals surface area contributed by atoms with Gasteiger partial charge in [-0.1, -0.05) is 13.3 Å². The Morgan fingerprint density at radius 1 is 1.30 bits per heavy atom. The van der Waals surface area contributed by atoms with Crippen molar-refractivity contribution in [2.45, 2.75) is 19.8 Å².